The number of hydrogen-bond acceptors (Lipinski definition) is 4. The van der Waals surface area contributed by atoms with Gasteiger partial charge in [-0.05, 0) is 18.8 Å². The molecule has 0 aliphatic carbocycles. The van der Waals surface area contributed by atoms with Crippen LogP contribution in [0.15, 0.2) is 12.4 Å². The predicted octanol–water partition coefficient (Wildman–Crippen LogP) is 1.69. The Morgan fingerprint density at radius 2 is 2.33 bits per heavy atom. The molecule has 2 N–H and O–H groups in total. The zero-order valence-corrected chi connectivity index (χ0v) is 9.19. The van der Waals surface area contributed by atoms with Crippen LogP contribution in [0.25, 0.3) is 0 Å². The van der Waals surface area contributed by atoms with Crippen molar-refractivity contribution >= 4 is 11.6 Å². The third kappa shape index (κ3) is 2.37. The summed E-state index contributed by atoms with van der Waals surface area (Å²) in [4.78, 5) is 10.7. The molecule has 15 heavy (non-hydrogen) atoms. The van der Waals surface area contributed by atoms with E-state index in [1.54, 1.807) is 12.4 Å². The molecule has 4 nitrogen and oxygen atoms in total. The third-order valence-corrected chi connectivity index (χ3v) is 2.96. The van der Waals surface area contributed by atoms with E-state index >= 15 is 0 Å². The first kappa shape index (κ1) is 10.2. The average Bonchev–Trinajstić information content (AvgIpc) is 2.68. The molecule has 1 aliphatic rings. The van der Waals surface area contributed by atoms with E-state index in [4.69, 9.17) is 5.73 Å². The van der Waals surface area contributed by atoms with Gasteiger partial charge in [-0.2, -0.15) is 0 Å². The number of nitrogens with two attached hydrogens (primary N) is 1. The van der Waals surface area contributed by atoms with E-state index in [9.17, 15) is 0 Å². The Labute approximate surface area is 90.5 Å². The largest absolute Gasteiger partial charge is 0.382 e. The lowest BCUT2D eigenvalue weighted by molar-refractivity contribution is 0.529. The number of rotatable bonds is 3. The first-order valence-corrected chi connectivity index (χ1v) is 5.62. The van der Waals surface area contributed by atoms with Crippen LogP contribution in [-0.2, 0) is 0 Å². The van der Waals surface area contributed by atoms with Crippen LogP contribution in [0.3, 0.4) is 0 Å². The summed E-state index contributed by atoms with van der Waals surface area (Å²) in [5.41, 5.74) is 5.51. The van der Waals surface area contributed by atoms with Gasteiger partial charge in [0.1, 0.15) is 11.6 Å². The molecule has 2 rings (SSSR count). The summed E-state index contributed by atoms with van der Waals surface area (Å²) in [7, 11) is 0. The van der Waals surface area contributed by atoms with Gasteiger partial charge in [0.25, 0.3) is 0 Å². The van der Waals surface area contributed by atoms with Gasteiger partial charge in [-0.1, -0.05) is 13.3 Å². The highest BCUT2D eigenvalue weighted by atomic mass is 15.2. The van der Waals surface area contributed by atoms with E-state index in [2.05, 4.69) is 21.8 Å². The van der Waals surface area contributed by atoms with Gasteiger partial charge in [-0.3, -0.25) is 0 Å². The fourth-order valence-electron chi connectivity index (χ4n) is 2.18. The van der Waals surface area contributed by atoms with E-state index in [0.717, 1.165) is 24.8 Å². The predicted molar refractivity (Wildman–Crippen MR) is 61.7 cm³/mol. The maximum absolute atomic E-state index is 5.51. The van der Waals surface area contributed by atoms with Crippen molar-refractivity contribution in [2.24, 2.45) is 5.92 Å². The molecule has 82 valence electrons. The maximum Gasteiger partial charge on any atom is 0.147 e. The van der Waals surface area contributed by atoms with Crippen molar-refractivity contribution in [2.75, 3.05) is 23.7 Å². The molecule has 2 heterocycles. The van der Waals surface area contributed by atoms with Gasteiger partial charge in [-0.25, -0.2) is 9.97 Å². The molecule has 0 bridgehead atoms. The van der Waals surface area contributed by atoms with Crippen LogP contribution in [0.1, 0.15) is 26.2 Å². The molecule has 4 heteroatoms. The van der Waals surface area contributed by atoms with Crippen molar-refractivity contribution in [3.63, 3.8) is 0 Å². The minimum atomic E-state index is 0.489. The monoisotopic (exact) mass is 206 g/mol. The SMILES string of the molecule is CCCC1CCN(c2cnc(N)cn2)C1. The zero-order chi connectivity index (χ0) is 10.7. The van der Waals surface area contributed by atoms with Crippen molar-refractivity contribution in [3.8, 4) is 0 Å². The number of nitrogen functional groups attached to an aromatic ring is 1. The van der Waals surface area contributed by atoms with Gasteiger partial charge in [-0.15, -0.1) is 0 Å². The fraction of sp³-hybridized carbons (Fsp3) is 0.636. The lowest BCUT2D eigenvalue weighted by Crippen LogP contribution is -2.21. The molecule has 0 amide bonds. The summed E-state index contributed by atoms with van der Waals surface area (Å²) in [6.07, 6.45) is 7.26. The lowest BCUT2D eigenvalue weighted by Gasteiger charge is -2.16. The van der Waals surface area contributed by atoms with Gasteiger partial charge in [0.2, 0.25) is 0 Å². The van der Waals surface area contributed by atoms with Crippen LogP contribution in [0, 0.1) is 5.92 Å². The summed E-state index contributed by atoms with van der Waals surface area (Å²) in [5.74, 6) is 2.28. The molecule has 1 aromatic rings. The quantitative estimate of drug-likeness (QED) is 0.817. The van der Waals surface area contributed by atoms with E-state index in [-0.39, 0.29) is 0 Å². The second-order valence-corrected chi connectivity index (χ2v) is 4.19. The van der Waals surface area contributed by atoms with Crippen molar-refractivity contribution in [2.45, 2.75) is 26.2 Å². The van der Waals surface area contributed by atoms with Crippen LogP contribution in [0.2, 0.25) is 0 Å². The first-order valence-electron chi connectivity index (χ1n) is 5.62. The molecular weight excluding hydrogens is 188 g/mol. The Bertz CT molecular complexity index is 309. The zero-order valence-electron chi connectivity index (χ0n) is 9.19. The van der Waals surface area contributed by atoms with E-state index < -0.39 is 0 Å². The van der Waals surface area contributed by atoms with Crippen molar-refractivity contribution < 1.29 is 0 Å². The Morgan fingerprint density at radius 3 is 3.00 bits per heavy atom. The van der Waals surface area contributed by atoms with Gasteiger partial charge >= 0.3 is 0 Å². The highest BCUT2D eigenvalue weighted by molar-refractivity contribution is 5.40. The van der Waals surface area contributed by atoms with Gasteiger partial charge in [0.05, 0.1) is 12.4 Å². The molecule has 1 saturated heterocycles. The smallest absolute Gasteiger partial charge is 0.147 e. The molecule has 1 aromatic heterocycles. The third-order valence-electron chi connectivity index (χ3n) is 2.96. The molecule has 0 saturated carbocycles. The van der Waals surface area contributed by atoms with Crippen molar-refractivity contribution in [1.29, 1.82) is 0 Å². The Hall–Kier alpha value is -1.32. The minimum Gasteiger partial charge on any atom is -0.382 e. The second-order valence-electron chi connectivity index (χ2n) is 4.19. The summed E-state index contributed by atoms with van der Waals surface area (Å²) >= 11 is 0. The van der Waals surface area contributed by atoms with Gasteiger partial charge in [0, 0.05) is 13.1 Å². The number of aromatic nitrogens is 2. The second kappa shape index (κ2) is 4.47. The Balaban J connectivity index is 1.98. The van der Waals surface area contributed by atoms with Crippen LogP contribution in [0.5, 0.6) is 0 Å². The molecule has 1 atom stereocenters. The number of hydrogen-bond donors (Lipinski definition) is 1. The van der Waals surface area contributed by atoms with Gasteiger partial charge < -0.3 is 10.6 Å². The van der Waals surface area contributed by atoms with Crippen LogP contribution in [0.4, 0.5) is 11.6 Å². The Morgan fingerprint density at radius 1 is 1.47 bits per heavy atom. The molecule has 1 fully saturated rings. The summed E-state index contributed by atoms with van der Waals surface area (Å²) in [6.45, 7) is 4.46. The molecule has 0 aromatic carbocycles. The Kier molecular flexibility index (Phi) is 3.04. The summed E-state index contributed by atoms with van der Waals surface area (Å²) in [5, 5.41) is 0. The maximum atomic E-state index is 5.51. The van der Waals surface area contributed by atoms with E-state index in [1.807, 2.05) is 0 Å². The van der Waals surface area contributed by atoms with Crippen LogP contribution in [-0.4, -0.2) is 23.1 Å². The number of nitrogens with zero attached hydrogens (tertiary/aromatic N) is 3. The molecule has 1 unspecified atom stereocenters. The highest BCUT2D eigenvalue weighted by Crippen LogP contribution is 2.24. The normalized spacial score (nSPS) is 20.9. The van der Waals surface area contributed by atoms with Crippen molar-refractivity contribution in [1.82, 2.24) is 9.97 Å². The van der Waals surface area contributed by atoms with Crippen LogP contribution >= 0.6 is 0 Å². The van der Waals surface area contributed by atoms with Gasteiger partial charge in [0.15, 0.2) is 0 Å². The van der Waals surface area contributed by atoms with E-state index in [0.29, 0.717) is 5.82 Å². The lowest BCUT2D eigenvalue weighted by atomic mass is 10.0. The molecule has 0 spiro atoms. The van der Waals surface area contributed by atoms with E-state index in [1.165, 1.54) is 19.3 Å². The minimum absolute atomic E-state index is 0.489. The summed E-state index contributed by atoms with van der Waals surface area (Å²) < 4.78 is 0. The fourth-order valence-corrected chi connectivity index (χ4v) is 2.18. The first-order chi connectivity index (χ1) is 7.29. The standard InChI is InChI=1S/C11H18N4/c1-2-3-9-4-5-15(8-9)11-7-13-10(12)6-14-11/h6-7,9H,2-5,8H2,1H3,(H2,12,13). The average molecular weight is 206 g/mol. The molecular formula is C11H18N4. The molecule has 0 radical (unpaired) electrons. The number of anilines is 2. The van der Waals surface area contributed by atoms with Crippen molar-refractivity contribution in [3.05, 3.63) is 12.4 Å². The van der Waals surface area contributed by atoms with Crippen LogP contribution < -0.4 is 10.6 Å². The highest BCUT2D eigenvalue weighted by Gasteiger charge is 2.22. The summed E-state index contributed by atoms with van der Waals surface area (Å²) in [6, 6.07) is 0. The molecule has 1 aliphatic heterocycles. The topological polar surface area (TPSA) is 55.0 Å².